The Labute approximate surface area is 145 Å². The van der Waals surface area contributed by atoms with Crippen molar-refractivity contribution in [1.29, 1.82) is 0 Å². The summed E-state index contributed by atoms with van der Waals surface area (Å²) in [7, 11) is 1.92. The number of aryl methyl sites for hydroxylation is 2. The lowest BCUT2D eigenvalue weighted by Gasteiger charge is -2.09. The van der Waals surface area contributed by atoms with Gasteiger partial charge in [-0.05, 0) is 24.6 Å². The maximum absolute atomic E-state index is 11.2. The number of anilines is 1. The van der Waals surface area contributed by atoms with Gasteiger partial charge in [-0.2, -0.15) is 10.2 Å². The molecule has 0 aliphatic carbocycles. The number of amides is 1. The Balaban J connectivity index is 1.68. The predicted octanol–water partition coefficient (Wildman–Crippen LogP) is 2.49. The summed E-state index contributed by atoms with van der Waals surface area (Å²) in [5.41, 5.74) is 5.78. The van der Waals surface area contributed by atoms with Crippen LogP contribution in [0, 0.1) is 6.92 Å². The van der Waals surface area contributed by atoms with Crippen LogP contribution in [0.1, 0.15) is 23.7 Å². The second kappa shape index (κ2) is 5.77. The van der Waals surface area contributed by atoms with E-state index in [0.717, 1.165) is 39.6 Å². The van der Waals surface area contributed by atoms with Crippen LogP contribution in [0.15, 0.2) is 30.5 Å². The van der Waals surface area contributed by atoms with Crippen LogP contribution < -0.4 is 10.1 Å². The third-order valence-electron chi connectivity index (χ3n) is 4.31. The average molecular weight is 337 g/mol. The molecule has 0 spiro atoms. The third-order valence-corrected chi connectivity index (χ3v) is 4.31. The van der Waals surface area contributed by atoms with Gasteiger partial charge in [-0.25, -0.2) is 0 Å². The molecule has 0 saturated heterocycles. The minimum Gasteiger partial charge on any atom is -0.487 e. The zero-order chi connectivity index (χ0) is 17.6. The molecule has 25 heavy (non-hydrogen) atoms. The second-order valence-electron chi connectivity index (χ2n) is 6.27. The number of rotatable bonds is 2. The van der Waals surface area contributed by atoms with Gasteiger partial charge in [0.25, 0.3) is 0 Å². The molecule has 0 bridgehead atoms. The number of hydrogen-bond acceptors (Lipinski definition) is 4. The van der Waals surface area contributed by atoms with Crippen molar-refractivity contribution in [2.45, 2.75) is 27.0 Å². The fourth-order valence-corrected chi connectivity index (χ4v) is 3.15. The fourth-order valence-electron chi connectivity index (χ4n) is 3.15. The van der Waals surface area contributed by atoms with Gasteiger partial charge < -0.3 is 10.1 Å². The van der Waals surface area contributed by atoms with E-state index in [9.17, 15) is 4.79 Å². The first-order valence-corrected chi connectivity index (χ1v) is 8.10. The number of ether oxygens (including phenoxy) is 1. The highest BCUT2D eigenvalue weighted by atomic mass is 16.5. The molecule has 7 heteroatoms. The van der Waals surface area contributed by atoms with Gasteiger partial charge in [0.15, 0.2) is 0 Å². The van der Waals surface area contributed by atoms with Gasteiger partial charge >= 0.3 is 0 Å². The van der Waals surface area contributed by atoms with Gasteiger partial charge in [-0.15, -0.1) is 0 Å². The Morgan fingerprint density at radius 1 is 1.32 bits per heavy atom. The van der Waals surface area contributed by atoms with E-state index in [-0.39, 0.29) is 5.91 Å². The van der Waals surface area contributed by atoms with Crippen molar-refractivity contribution in [1.82, 2.24) is 19.6 Å². The lowest BCUT2D eigenvalue weighted by Crippen LogP contribution is -2.06. The molecule has 1 N–H and O–H groups in total. The number of hydrogen-bond donors (Lipinski definition) is 1. The summed E-state index contributed by atoms with van der Waals surface area (Å²) in [6, 6.07) is 7.75. The average Bonchev–Trinajstić information content (AvgIpc) is 3.04. The summed E-state index contributed by atoms with van der Waals surface area (Å²) in [6.45, 7) is 4.58. The first kappa shape index (κ1) is 15.4. The fraction of sp³-hybridized carbons (Fsp3) is 0.278. The lowest BCUT2D eigenvalue weighted by molar-refractivity contribution is -0.114. The van der Waals surface area contributed by atoms with Crippen molar-refractivity contribution in [2.24, 2.45) is 7.05 Å². The Hall–Kier alpha value is -3.09. The number of carbonyl (C=O) groups is 1. The highest BCUT2D eigenvalue weighted by Crippen LogP contribution is 2.30. The van der Waals surface area contributed by atoms with Crippen molar-refractivity contribution in [3.05, 3.63) is 47.3 Å². The molecular formula is C18H19N5O2. The normalized spacial score (nSPS) is 12.8. The van der Waals surface area contributed by atoms with Crippen LogP contribution in [0.25, 0.3) is 11.4 Å². The van der Waals surface area contributed by atoms with E-state index in [1.807, 2.05) is 53.8 Å². The first-order chi connectivity index (χ1) is 12.0. The van der Waals surface area contributed by atoms with Gasteiger partial charge in [0.1, 0.15) is 18.1 Å². The Kier molecular flexibility index (Phi) is 3.56. The van der Waals surface area contributed by atoms with Crippen LogP contribution in [-0.2, 0) is 25.0 Å². The molecule has 1 aliphatic rings. The lowest BCUT2D eigenvalue weighted by atomic mass is 10.2. The Morgan fingerprint density at radius 2 is 2.16 bits per heavy atom. The van der Waals surface area contributed by atoms with E-state index < -0.39 is 0 Å². The van der Waals surface area contributed by atoms with Crippen LogP contribution in [0.3, 0.4) is 0 Å². The molecule has 3 aromatic rings. The standard InChI is InChI=1S/C18H19N5O2/c1-11-8-19-22(3)18(11)16-7-15-10-25-17-6-14(20-12(2)24)5-4-13(17)9-23(15)21-16/h4-8H,9-10H2,1-3H3,(H,20,24). The van der Waals surface area contributed by atoms with Crippen molar-refractivity contribution in [2.75, 3.05) is 5.32 Å². The van der Waals surface area contributed by atoms with E-state index in [0.29, 0.717) is 13.2 Å². The maximum Gasteiger partial charge on any atom is 0.221 e. The van der Waals surface area contributed by atoms with Gasteiger partial charge in [0.05, 0.1) is 24.1 Å². The van der Waals surface area contributed by atoms with E-state index in [1.54, 1.807) is 0 Å². The first-order valence-electron chi connectivity index (χ1n) is 8.10. The van der Waals surface area contributed by atoms with Crippen molar-refractivity contribution >= 4 is 11.6 Å². The topological polar surface area (TPSA) is 74.0 Å². The molecular weight excluding hydrogens is 318 g/mol. The number of carbonyl (C=O) groups excluding carboxylic acids is 1. The van der Waals surface area contributed by atoms with E-state index >= 15 is 0 Å². The van der Waals surface area contributed by atoms with Crippen LogP contribution >= 0.6 is 0 Å². The largest absolute Gasteiger partial charge is 0.487 e. The molecule has 1 amide bonds. The molecule has 0 unspecified atom stereocenters. The molecule has 2 aromatic heterocycles. The molecule has 7 nitrogen and oxygen atoms in total. The quantitative estimate of drug-likeness (QED) is 0.780. The van der Waals surface area contributed by atoms with E-state index in [2.05, 4.69) is 10.4 Å². The molecule has 1 aliphatic heterocycles. The Morgan fingerprint density at radius 3 is 2.88 bits per heavy atom. The second-order valence-corrected chi connectivity index (χ2v) is 6.27. The minimum atomic E-state index is -0.0994. The van der Waals surface area contributed by atoms with Crippen LogP contribution in [0.5, 0.6) is 5.75 Å². The molecule has 1 aromatic carbocycles. The highest BCUT2D eigenvalue weighted by molar-refractivity contribution is 5.88. The van der Waals surface area contributed by atoms with Crippen LogP contribution in [0.4, 0.5) is 5.69 Å². The van der Waals surface area contributed by atoms with Crippen molar-refractivity contribution in [3.63, 3.8) is 0 Å². The van der Waals surface area contributed by atoms with Gasteiger partial charge in [-0.1, -0.05) is 6.07 Å². The number of benzene rings is 1. The molecule has 4 rings (SSSR count). The molecule has 0 radical (unpaired) electrons. The number of aromatic nitrogens is 4. The molecule has 3 heterocycles. The number of nitrogens with one attached hydrogen (secondary N) is 1. The SMILES string of the molecule is CC(=O)Nc1ccc2c(c1)OCc1cc(-c3c(C)cnn3C)nn1C2. The third kappa shape index (κ3) is 2.77. The van der Waals surface area contributed by atoms with E-state index in [4.69, 9.17) is 9.84 Å². The molecule has 0 fully saturated rings. The summed E-state index contributed by atoms with van der Waals surface area (Å²) in [4.78, 5) is 11.2. The van der Waals surface area contributed by atoms with Gasteiger partial charge in [0, 0.05) is 31.3 Å². The molecule has 0 atom stereocenters. The summed E-state index contributed by atoms with van der Waals surface area (Å²) < 4.78 is 9.76. The van der Waals surface area contributed by atoms with Gasteiger partial charge in [0.2, 0.25) is 5.91 Å². The maximum atomic E-state index is 11.2. The smallest absolute Gasteiger partial charge is 0.221 e. The zero-order valence-electron chi connectivity index (χ0n) is 14.4. The van der Waals surface area contributed by atoms with Crippen molar-refractivity contribution in [3.8, 4) is 17.1 Å². The highest BCUT2D eigenvalue weighted by Gasteiger charge is 2.19. The van der Waals surface area contributed by atoms with Crippen LogP contribution in [-0.4, -0.2) is 25.5 Å². The minimum absolute atomic E-state index is 0.0994. The van der Waals surface area contributed by atoms with E-state index in [1.165, 1.54) is 6.92 Å². The summed E-state index contributed by atoms with van der Waals surface area (Å²) in [5, 5.41) is 11.8. The van der Waals surface area contributed by atoms with Crippen molar-refractivity contribution < 1.29 is 9.53 Å². The summed E-state index contributed by atoms with van der Waals surface area (Å²) in [5.74, 6) is 0.674. The monoisotopic (exact) mass is 337 g/mol. The molecule has 128 valence electrons. The summed E-state index contributed by atoms with van der Waals surface area (Å²) >= 11 is 0. The number of fused-ring (bicyclic) bond motifs is 2. The van der Waals surface area contributed by atoms with Gasteiger partial charge in [-0.3, -0.25) is 14.2 Å². The predicted molar refractivity (Wildman–Crippen MR) is 93.3 cm³/mol. The zero-order valence-corrected chi connectivity index (χ0v) is 14.4. The van der Waals surface area contributed by atoms with Crippen LogP contribution in [0.2, 0.25) is 0 Å². The Bertz CT molecular complexity index is 951. The molecule has 0 saturated carbocycles. The summed E-state index contributed by atoms with van der Waals surface area (Å²) in [6.07, 6.45) is 1.84. The number of nitrogens with zero attached hydrogens (tertiary/aromatic N) is 4.